The fourth-order valence-electron chi connectivity index (χ4n) is 3.65. The van der Waals surface area contributed by atoms with E-state index in [2.05, 4.69) is 51.8 Å². The van der Waals surface area contributed by atoms with Crippen LogP contribution in [0.3, 0.4) is 0 Å². The van der Waals surface area contributed by atoms with Gasteiger partial charge in [-0.2, -0.15) is 0 Å². The van der Waals surface area contributed by atoms with Crippen molar-refractivity contribution in [3.05, 3.63) is 69.8 Å². The Balaban J connectivity index is 1.46. The zero-order valence-electron chi connectivity index (χ0n) is 15.3. The molecule has 5 nitrogen and oxygen atoms in total. The molecule has 0 unspecified atom stereocenters. The van der Waals surface area contributed by atoms with Crippen LogP contribution in [0.1, 0.15) is 17.0 Å². The quantitative estimate of drug-likeness (QED) is 0.791. The van der Waals surface area contributed by atoms with Gasteiger partial charge >= 0.3 is 0 Å². The average Bonchev–Trinajstić information content (AvgIpc) is 2.65. The van der Waals surface area contributed by atoms with Crippen molar-refractivity contribution in [2.24, 2.45) is 0 Å². The second kappa shape index (κ2) is 6.92. The lowest BCUT2D eigenvalue weighted by Crippen LogP contribution is -2.46. The molecule has 3 aromatic rings. The molecule has 5 heteroatoms. The molecule has 0 radical (unpaired) electrons. The Kier molecular flexibility index (Phi) is 4.47. The number of fused-ring (bicyclic) bond motifs is 1. The lowest BCUT2D eigenvalue weighted by atomic mass is 10.1. The number of para-hydroxylation sites is 1. The summed E-state index contributed by atoms with van der Waals surface area (Å²) in [7, 11) is 0. The number of hydrogen-bond donors (Lipinski definition) is 1. The van der Waals surface area contributed by atoms with Crippen molar-refractivity contribution < 1.29 is 0 Å². The van der Waals surface area contributed by atoms with Gasteiger partial charge in [0.2, 0.25) is 0 Å². The summed E-state index contributed by atoms with van der Waals surface area (Å²) in [4.78, 5) is 24.6. The van der Waals surface area contributed by atoms with Crippen LogP contribution in [0.4, 0.5) is 5.69 Å². The van der Waals surface area contributed by atoms with E-state index in [-0.39, 0.29) is 5.56 Å². The topological polar surface area (TPSA) is 52.2 Å². The predicted octanol–water partition coefficient (Wildman–Crippen LogP) is 2.86. The maximum absolute atomic E-state index is 12.2. The standard InChI is InChI=1S/C21H24N4O/c1-15-6-5-9-19(16(15)2)25-12-10-24(11-13-25)14-20-22-18-8-4-3-7-17(18)21(26)23-20/h3-9H,10-14H2,1-2H3,(H,22,23,26). The number of hydrogen-bond acceptors (Lipinski definition) is 4. The van der Waals surface area contributed by atoms with Gasteiger partial charge in [-0.1, -0.05) is 24.3 Å². The lowest BCUT2D eigenvalue weighted by molar-refractivity contribution is 0.244. The normalized spacial score (nSPS) is 15.5. The highest BCUT2D eigenvalue weighted by Crippen LogP contribution is 2.24. The number of nitrogens with one attached hydrogen (secondary N) is 1. The van der Waals surface area contributed by atoms with Crippen molar-refractivity contribution in [1.82, 2.24) is 14.9 Å². The van der Waals surface area contributed by atoms with Crippen LogP contribution in [0.25, 0.3) is 10.9 Å². The third-order valence-electron chi connectivity index (χ3n) is 5.32. The van der Waals surface area contributed by atoms with Crippen LogP contribution in [0.5, 0.6) is 0 Å². The van der Waals surface area contributed by atoms with E-state index in [0.717, 1.165) is 37.5 Å². The Morgan fingerprint density at radius 2 is 1.77 bits per heavy atom. The molecule has 2 heterocycles. The summed E-state index contributed by atoms with van der Waals surface area (Å²) < 4.78 is 0. The fourth-order valence-corrected chi connectivity index (χ4v) is 3.65. The molecule has 134 valence electrons. The summed E-state index contributed by atoms with van der Waals surface area (Å²) >= 11 is 0. The minimum absolute atomic E-state index is 0.0559. The Morgan fingerprint density at radius 1 is 1.00 bits per heavy atom. The monoisotopic (exact) mass is 348 g/mol. The van der Waals surface area contributed by atoms with Crippen LogP contribution in [-0.4, -0.2) is 41.0 Å². The van der Waals surface area contributed by atoms with Crippen LogP contribution in [0.15, 0.2) is 47.3 Å². The highest BCUT2D eigenvalue weighted by molar-refractivity contribution is 5.77. The second-order valence-electron chi connectivity index (χ2n) is 7.01. The number of benzene rings is 2. The molecular weight excluding hydrogens is 324 g/mol. The first-order chi connectivity index (χ1) is 12.6. The minimum atomic E-state index is -0.0559. The second-order valence-corrected chi connectivity index (χ2v) is 7.01. The highest BCUT2D eigenvalue weighted by atomic mass is 16.1. The molecule has 0 amide bonds. The summed E-state index contributed by atoms with van der Waals surface area (Å²) in [5.74, 6) is 0.744. The van der Waals surface area contributed by atoms with E-state index in [1.165, 1.54) is 16.8 Å². The van der Waals surface area contributed by atoms with Crippen molar-refractivity contribution in [3.63, 3.8) is 0 Å². The molecule has 1 aromatic heterocycles. The molecular formula is C21H24N4O. The van der Waals surface area contributed by atoms with Gasteiger partial charge in [0.25, 0.3) is 5.56 Å². The summed E-state index contributed by atoms with van der Waals surface area (Å²) in [6, 6.07) is 14.0. The van der Waals surface area contributed by atoms with Crippen molar-refractivity contribution in [2.45, 2.75) is 20.4 Å². The third-order valence-corrected chi connectivity index (χ3v) is 5.32. The van der Waals surface area contributed by atoms with E-state index in [1.807, 2.05) is 24.3 Å². The number of anilines is 1. The first-order valence-electron chi connectivity index (χ1n) is 9.13. The molecule has 1 fully saturated rings. The number of aryl methyl sites for hydroxylation is 1. The van der Waals surface area contributed by atoms with Crippen molar-refractivity contribution in [2.75, 3.05) is 31.1 Å². The van der Waals surface area contributed by atoms with Crippen molar-refractivity contribution >= 4 is 16.6 Å². The number of aromatic nitrogens is 2. The van der Waals surface area contributed by atoms with Gasteiger partial charge in [0.15, 0.2) is 0 Å². The van der Waals surface area contributed by atoms with Crippen molar-refractivity contribution in [3.8, 4) is 0 Å². The Bertz CT molecular complexity index is 987. The molecule has 1 N–H and O–H groups in total. The molecule has 0 saturated carbocycles. The zero-order chi connectivity index (χ0) is 18.1. The fraction of sp³-hybridized carbons (Fsp3) is 0.333. The SMILES string of the molecule is Cc1cccc(N2CCN(Cc3nc4ccccc4c(=O)[nH]3)CC2)c1C. The van der Waals surface area contributed by atoms with Gasteiger partial charge in [0.1, 0.15) is 5.82 Å². The molecule has 0 aliphatic carbocycles. The Morgan fingerprint density at radius 3 is 2.58 bits per heavy atom. The summed E-state index contributed by atoms with van der Waals surface area (Å²) in [5.41, 5.74) is 4.74. The smallest absolute Gasteiger partial charge is 0.258 e. The summed E-state index contributed by atoms with van der Waals surface area (Å²) in [5, 5.41) is 0.649. The Hall–Kier alpha value is -2.66. The number of piperazine rings is 1. The van der Waals surface area contributed by atoms with Gasteiger partial charge < -0.3 is 9.88 Å². The van der Waals surface area contributed by atoms with Gasteiger partial charge in [-0.25, -0.2) is 4.98 Å². The lowest BCUT2D eigenvalue weighted by Gasteiger charge is -2.36. The molecule has 1 saturated heterocycles. The van der Waals surface area contributed by atoms with E-state index in [1.54, 1.807) is 0 Å². The largest absolute Gasteiger partial charge is 0.369 e. The molecule has 1 aliphatic rings. The van der Waals surface area contributed by atoms with E-state index in [4.69, 9.17) is 0 Å². The predicted molar refractivity (Wildman–Crippen MR) is 106 cm³/mol. The molecule has 0 atom stereocenters. The zero-order valence-corrected chi connectivity index (χ0v) is 15.3. The van der Waals surface area contributed by atoms with E-state index < -0.39 is 0 Å². The summed E-state index contributed by atoms with van der Waals surface area (Å²) in [6.07, 6.45) is 0. The summed E-state index contributed by atoms with van der Waals surface area (Å²) in [6.45, 7) is 8.94. The molecule has 26 heavy (non-hydrogen) atoms. The van der Waals surface area contributed by atoms with Crippen LogP contribution in [0, 0.1) is 13.8 Å². The van der Waals surface area contributed by atoms with E-state index in [0.29, 0.717) is 11.9 Å². The van der Waals surface area contributed by atoms with Crippen LogP contribution in [0.2, 0.25) is 0 Å². The molecule has 0 bridgehead atoms. The number of rotatable bonds is 3. The average molecular weight is 348 g/mol. The number of nitrogens with zero attached hydrogens (tertiary/aromatic N) is 3. The molecule has 1 aliphatic heterocycles. The van der Waals surface area contributed by atoms with Gasteiger partial charge in [-0.15, -0.1) is 0 Å². The van der Waals surface area contributed by atoms with Crippen molar-refractivity contribution in [1.29, 1.82) is 0 Å². The highest BCUT2D eigenvalue weighted by Gasteiger charge is 2.19. The van der Waals surface area contributed by atoms with Gasteiger partial charge in [-0.05, 0) is 43.2 Å². The van der Waals surface area contributed by atoms with E-state index >= 15 is 0 Å². The van der Waals surface area contributed by atoms with Crippen LogP contribution >= 0.6 is 0 Å². The van der Waals surface area contributed by atoms with Gasteiger partial charge in [0.05, 0.1) is 17.4 Å². The first kappa shape index (κ1) is 16.8. The van der Waals surface area contributed by atoms with Gasteiger partial charge in [-0.3, -0.25) is 9.69 Å². The van der Waals surface area contributed by atoms with E-state index in [9.17, 15) is 4.79 Å². The maximum atomic E-state index is 12.2. The van der Waals surface area contributed by atoms with Gasteiger partial charge in [0, 0.05) is 31.9 Å². The van der Waals surface area contributed by atoms with Crippen LogP contribution in [-0.2, 0) is 6.54 Å². The molecule has 4 rings (SSSR count). The number of H-pyrrole nitrogens is 1. The molecule has 0 spiro atoms. The molecule has 2 aromatic carbocycles. The minimum Gasteiger partial charge on any atom is -0.369 e. The Labute approximate surface area is 153 Å². The number of aromatic amines is 1. The van der Waals surface area contributed by atoms with Crippen LogP contribution < -0.4 is 10.5 Å². The first-order valence-corrected chi connectivity index (χ1v) is 9.13. The third kappa shape index (κ3) is 3.22. The maximum Gasteiger partial charge on any atom is 0.258 e.